The quantitative estimate of drug-likeness (QED) is 0.660. The zero-order chi connectivity index (χ0) is 10.8. The van der Waals surface area contributed by atoms with Gasteiger partial charge in [0.25, 0.3) is 0 Å². The van der Waals surface area contributed by atoms with Crippen LogP contribution in [-0.4, -0.2) is 47.2 Å². The molecule has 1 atom stereocenters. The number of hydrogen-bond donors (Lipinski definition) is 2. The lowest BCUT2D eigenvalue weighted by molar-refractivity contribution is -0.118. The molecule has 0 saturated carbocycles. The molecule has 2 N–H and O–H groups in total. The van der Waals surface area contributed by atoms with Crippen molar-refractivity contribution in [1.29, 1.82) is 0 Å². The number of amides is 1. The number of thioether (sulfide) groups is 2. The lowest BCUT2D eigenvalue weighted by Gasteiger charge is -2.08. The van der Waals surface area contributed by atoms with Crippen molar-refractivity contribution in [2.75, 3.05) is 30.1 Å². The molecule has 0 rings (SSSR count). The van der Waals surface area contributed by atoms with E-state index < -0.39 is 0 Å². The van der Waals surface area contributed by atoms with Gasteiger partial charge in [-0.15, -0.1) is 11.8 Å². The molecule has 0 aromatic rings. The Morgan fingerprint density at radius 1 is 1.50 bits per heavy atom. The molecular formula is C9H19NO2S2. The SMILES string of the molecule is CCCNC(=O)CSCC(O)CSC. The van der Waals surface area contributed by atoms with E-state index in [2.05, 4.69) is 5.32 Å². The topological polar surface area (TPSA) is 49.3 Å². The van der Waals surface area contributed by atoms with Crippen molar-refractivity contribution in [1.82, 2.24) is 5.32 Å². The second kappa shape index (κ2) is 9.68. The summed E-state index contributed by atoms with van der Waals surface area (Å²) >= 11 is 3.10. The first-order valence-electron chi connectivity index (χ1n) is 4.72. The van der Waals surface area contributed by atoms with Crippen LogP contribution in [0, 0.1) is 0 Å². The van der Waals surface area contributed by atoms with Crippen molar-refractivity contribution in [3.05, 3.63) is 0 Å². The van der Waals surface area contributed by atoms with Crippen molar-refractivity contribution >= 4 is 29.4 Å². The fraction of sp³-hybridized carbons (Fsp3) is 0.889. The largest absolute Gasteiger partial charge is 0.391 e. The fourth-order valence-electron chi connectivity index (χ4n) is 0.844. The van der Waals surface area contributed by atoms with Crippen molar-refractivity contribution < 1.29 is 9.90 Å². The molecule has 14 heavy (non-hydrogen) atoms. The van der Waals surface area contributed by atoms with E-state index in [-0.39, 0.29) is 12.0 Å². The molecule has 1 unspecified atom stereocenters. The van der Waals surface area contributed by atoms with Crippen LogP contribution < -0.4 is 5.32 Å². The summed E-state index contributed by atoms with van der Waals surface area (Å²) in [7, 11) is 0. The molecule has 0 aliphatic heterocycles. The number of rotatable bonds is 8. The van der Waals surface area contributed by atoms with Gasteiger partial charge in [-0.05, 0) is 12.7 Å². The molecule has 3 nitrogen and oxygen atoms in total. The number of nitrogens with one attached hydrogen (secondary N) is 1. The van der Waals surface area contributed by atoms with E-state index in [1.165, 1.54) is 11.8 Å². The predicted molar refractivity (Wildman–Crippen MR) is 65.0 cm³/mol. The van der Waals surface area contributed by atoms with E-state index in [0.717, 1.165) is 18.7 Å². The first kappa shape index (κ1) is 14.1. The van der Waals surface area contributed by atoms with Gasteiger partial charge in [-0.25, -0.2) is 0 Å². The Balaban J connectivity index is 3.30. The van der Waals surface area contributed by atoms with Crippen LogP contribution in [0.5, 0.6) is 0 Å². The molecule has 0 aromatic carbocycles. The zero-order valence-electron chi connectivity index (χ0n) is 8.78. The number of aliphatic hydroxyl groups is 1. The Morgan fingerprint density at radius 2 is 2.21 bits per heavy atom. The third-order valence-electron chi connectivity index (χ3n) is 1.47. The maximum atomic E-state index is 11.1. The van der Waals surface area contributed by atoms with Gasteiger partial charge in [0.05, 0.1) is 11.9 Å². The summed E-state index contributed by atoms with van der Waals surface area (Å²) in [5, 5.41) is 12.2. The van der Waals surface area contributed by atoms with Gasteiger partial charge in [-0.2, -0.15) is 11.8 Å². The number of hydrogen-bond acceptors (Lipinski definition) is 4. The summed E-state index contributed by atoms with van der Waals surface area (Å²) < 4.78 is 0. The molecule has 0 spiro atoms. The average molecular weight is 237 g/mol. The minimum atomic E-state index is -0.297. The maximum Gasteiger partial charge on any atom is 0.229 e. The van der Waals surface area contributed by atoms with Gasteiger partial charge in [0.1, 0.15) is 0 Å². The van der Waals surface area contributed by atoms with E-state index >= 15 is 0 Å². The van der Waals surface area contributed by atoms with E-state index in [4.69, 9.17) is 0 Å². The highest BCUT2D eigenvalue weighted by atomic mass is 32.2. The summed E-state index contributed by atoms with van der Waals surface area (Å²) in [5.74, 6) is 1.89. The van der Waals surface area contributed by atoms with E-state index in [9.17, 15) is 9.90 Å². The van der Waals surface area contributed by atoms with Crippen LogP contribution in [0.4, 0.5) is 0 Å². The second-order valence-corrected chi connectivity index (χ2v) is 4.92. The zero-order valence-corrected chi connectivity index (χ0v) is 10.4. The Morgan fingerprint density at radius 3 is 2.79 bits per heavy atom. The van der Waals surface area contributed by atoms with Crippen LogP contribution in [0.15, 0.2) is 0 Å². The van der Waals surface area contributed by atoms with E-state index in [1.54, 1.807) is 11.8 Å². The summed E-state index contributed by atoms with van der Waals surface area (Å²) in [6, 6.07) is 0. The summed E-state index contributed by atoms with van der Waals surface area (Å²) in [6.45, 7) is 2.77. The molecule has 0 aromatic heterocycles. The normalized spacial score (nSPS) is 12.5. The standard InChI is InChI=1S/C9H19NO2S2/c1-3-4-10-9(12)7-14-6-8(11)5-13-2/h8,11H,3-7H2,1-2H3,(H,10,12). The Kier molecular flexibility index (Phi) is 9.77. The Labute approximate surface area is 94.4 Å². The van der Waals surface area contributed by atoms with Crippen molar-refractivity contribution in [2.45, 2.75) is 19.4 Å². The third-order valence-corrected chi connectivity index (χ3v) is 3.28. The summed E-state index contributed by atoms with van der Waals surface area (Å²) in [4.78, 5) is 11.1. The van der Waals surface area contributed by atoms with Crippen LogP contribution in [0.2, 0.25) is 0 Å². The van der Waals surface area contributed by atoms with Gasteiger partial charge in [0, 0.05) is 18.1 Å². The molecule has 0 radical (unpaired) electrons. The molecule has 0 fully saturated rings. The van der Waals surface area contributed by atoms with Crippen LogP contribution in [0.3, 0.4) is 0 Å². The Bertz CT molecular complexity index is 156. The average Bonchev–Trinajstić information content (AvgIpc) is 2.15. The molecule has 0 aliphatic carbocycles. The van der Waals surface area contributed by atoms with Gasteiger partial charge in [0.15, 0.2) is 0 Å². The molecule has 5 heteroatoms. The lowest BCUT2D eigenvalue weighted by Crippen LogP contribution is -2.26. The monoisotopic (exact) mass is 237 g/mol. The smallest absolute Gasteiger partial charge is 0.229 e. The van der Waals surface area contributed by atoms with Gasteiger partial charge >= 0.3 is 0 Å². The number of aliphatic hydroxyl groups excluding tert-OH is 1. The number of carbonyl (C=O) groups excluding carboxylic acids is 1. The predicted octanol–water partition coefficient (Wildman–Crippen LogP) is 0.970. The maximum absolute atomic E-state index is 11.1. The molecule has 0 aliphatic rings. The van der Waals surface area contributed by atoms with Gasteiger partial charge in [-0.1, -0.05) is 6.92 Å². The minimum Gasteiger partial charge on any atom is -0.391 e. The van der Waals surface area contributed by atoms with Crippen LogP contribution in [0.1, 0.15) is 13.3 Å². The second-order valence-electron chi connectivity index (χ2n) is 2.97. The summed E-state index contributed by atoms with van der Waals surface area (Å²) in [6.07, 6.45) is 2.63. The van der Waals surface area contributed by atoms with Crippen molar-refractivity contribution in [3.8, 4) is 0 Å². The molecule has 1 amide bonds. The molecule has 84 valence electrons. The lowest BCUT2D eigenvalue weighted by atomic mass is 10.5. The molecular weight excluding hydrogens is 218 g/mol. The first-order chi connectivity index (χ1) is 6.70. The van der Waals surface area contributed by atoms with Crippen molar-refractivity contribution in [3.63, 3.8) is 0 Å². The number of carbonyl (C=O) groups is 1. The first-order valence-corrected chi connectivity index (χ1v) is 7.27. The molecule has 0 saturated heterocycles. The van der Waals surface area contributed by atoms with Crippen LogP contribution in [-0.2, 0) is 4.79 Å². The molecule has 0 heterocycles. The van der Waals surface area contributed by atoms with Gasteiger partial charge in [0.2, 0.25) is 5.91 Å². The van der Waals surface area contributed by atoms with Gasteiger partial charge in [-0.3, -0.25) is 4.79 Å². The van der Waals surface area contributed by atoms with E-state index in [1.807, 2.05) is 13.2 Å². The van der Waals surface area contributed by atoms with Gasteiger partial charge < -0.3 is 10.4 Å². The van der Waals surface area contributed by atoms with Crippen LogP contribution in [0.25, 0.3) is 0 Å². The van der Waals surface area contributed by atoms with Crippen molar-refractivity contribution in [2.24, 2.45) is 0 Å². The molecule has 0 bridgehead atoms. The fourth-order valence-corrected chi connectivity index (χ4v) is 2.29. The third kappa shape index (κ3) is 8.72. The summed E-state index contributed by atoms with van der Waals surface area (Å²) in [5.41, 5.74) is 0. The Hall–Kier alpha value is 0.130. The van der Waals surface area contributed by atoms with E-state index in [0.29, 0.717) is 11.5 Å². The highest BCUT2D eigenvalue weighted by Gasteiger charge is 2.05. The van der Waals surface area contributed by atoms with Crippen LogP contribution >= 0.6 is 23.5 Å². The highest BCUT2D eigenvalue weighted by molar-refractivity contribution is 8.00. The minimum absolute atomic E-state index is 0.0631. The highest BCUT2D eigenvalue weighted by Crippen LogP contribution is 2.06.